The lowest BCUT2D eigenvalue weighted by molar-refractivity contribution is -0.137. The van der Waals surface area contributed by atoms with E-state index in [0.29, 0.717) is 11.4 Å². The minimum Gasteiger partial charge on any atom is -0.497 e. The molecule has 32 heavy (non-hydrogen) atoms. The van der Waals surface area contributed by atoms with Gasteiger partial charge in [-0.15, -0.1) is 5.10 Å². The Morgan fingerprint density at radius 3 is 2.38 bits per heavy atom. The van der Waals surface area contributed by atoms with Crippen molar-refractivity contribution in [3.05, 3.63) is 90.1 Å². The summed E-state index contributed by atoms with van der Waals surface area (Å²) in [4.78, 5) is 12.4. The fraction of sp³-hybridized carbons (Fsp3) is 0.0870. The summed E-state index contributed by atoms with van der Waals surface area (Å²) in [7, 11) is 1.59. The molecule has 0 fully saturated rings. The summed E-state index contributed by atoms with van der Waals surface area (Å²) < 4.78 is 45.4. The molecule has 0 aliphatic rings. The molecular weight excluding hydrogens is 421 g/mol. The lowest BCUT2D eigenvalue weighted by Crippen LogP contribution is -2.14. The fourth-order valence-corrected chi connectivity index (χ4v) is 3.11. The largest absolute Gasteiger partial charge is 0.497 e. The summed E-state index contributed by atoms with van der Waals surface area (Å²) >= 11 is 0. The normalized spacial score (nSPS) is 11.2. The first-order chi connectivity index (χ1) is 15.3. The van der Waals surface area contributed by atoms with Crippen molar-refractivity contribution >= 4 is 11.6 Å². The molecule has 1 aromatic heterocycles. The first kappa shape index (κ1) is 21.1. The first-order valence-corrected chi connectivity index (χ1v) is 9.49. The van der Waals surface area contributed by atoms with E-state index < -0.39 is 17.6 Å². The van der Waals surface area contributed by atoms with Gasteiger partial charge in [-0.05, 0) is 66.7 Å². The van der Waals surface area contributed by atoms with Crippen molar-refractivity contribution in [1.29, 1.82) is 0 Å². The highest BCUT2D eigenvalue weighted by Crippen LogP contribution is 2.30. The van der Waals surface area contributed by atoms with E-state index in [4.69, 9.17) is 4.74 Å². The molecule has 0 aliphatic carbocycles. The van der Waals surface area contributed by atoms with Gasteiger partial charge in [0.15, 0.2) is 0 Å². The number of ether oxygens (including phenoxy) is 1. The average Bonchev–Trinajstić information content (AvgIpc) is 3.29. The summed E-state index contributed by atoms with van der Waals surface area (Å²) in [6.45, 7) is 0. The van der Waals surface area contributed by atoms with Gasteiger partial charge in [-0.25, -0.2) is 4.68 Å². The van der Waals surface area contributed by atoms with Crippen LogP contribution in [0.3, 0.4) is 0 Å². The highest BCUT2D eigenvalue weighted by molar-refractivity contribution is 6.04. The lowest BCUT2D eigenvalue weighted by atomic mass is 10.1. The number of carbonyl (C=O) groups is 1. The number of halogens is 3. The van der Waals surface area contributed by atoms with Crippen molar-refractivity contribution in [2.24, 2.45) is 0 Å². The topological polar surface area (TPSA) is 69.0 Å². The molecule has 0 saturated carbocycles. The van der Waals surface area contributed by atoms with Gasteiger partial charge in [0, 0.05) is 16.8 Å². The molecule has 0 aliphatic heterocycles. The van der Waals surface area contributed by atoms with Crippen molar-refractivity contribution in [3.63, 3.8) is 0 Å². The molecule has 0 saturated heterocycles. The Morgan fingerprint density at radius 2 is 1.72 bits per heavy atom. The van der Waals surface area contributed by atoms with Crippen LogP contribution in [0.15, 0.2) is 79.0 Å². The van der Waals surface area contributed by atoms with Gasteiger partial charge >= 0.3 is 6.18 Å². The number of benzene rings is 3. The lowest BCUT2D eigenvalue weighted by Gasteiger charge is -2.10. The summed E-state index contributed by atoms with van der Waals surface area (Å²) in [6, 6.07) is 18.4. The van der Waals surface area contributed by atoms with Crippen LogP contribution in [-0.4, -0.2) is 28.0 Å². The number of nitrogens with one attached hydrogen (secondary N) is 1. The molecule has 1 N–H and O–H groups in total. The van der Waals surface area contributed by atoms with Crippen LogP contribution >= 0.6 is 0 Å². The SMILES string of the molecule is COc1ccc(-c2cnnn2-c2ccc(NC(=O)c3cccc(C(F)(F)F)c3)cc2)cc1. The molecule has 4 aromatic rings. The quantitative estimate of drug-likeness (QED) is 0.464. The van der Waals surface area contributed by atoms with Gasteiger partial charge in [0.05, 0.1) is 30.3 Å². The smallest absolute Gasteiger partial charge is 0.416 e. The first-order valence-electron chi connectivity index (χ1n) is 9.49. The van der Waals surface area contributed by atoms with Gasteiger partial charge in [-0.3, -0.25) is 4.79 Å². The van der Waals surface area contributed by atoms with E-state index in [2.05, 4.69) is 15.6 Å². The highest BCUT2D eigenvalue weighted by atomic mass is 19.4. The maximum absolute atomic E-state index is 12.9. The Kier molecular flexibility index (Phi) is 5.63. The number of rotatable bonds is 5. The Bertz CT molecular complexity index is 1230. The third-order valence-corrected chi connectivity index (χ3v) is 4.76. The van der Waals surface area contributed by atoms with Crippen molar-refractivity contribution in [2.45, 2.75) is 6.18 Å². The van der Waals surface area contributed by atoms with Crippen molar-refractivity contribution in [2.75, 3.05) is 12.4 Å². The summed E-state index contributed by atoms with van der Waals surface area (Å²) in [5, 5.41) is 10.7. The molecular formula is C23H17F3N4O2. The Hall–Kier alpha value is -4.14. The van der Waals surface area contributed by atoms with Crippen LogP contribution in [0.5, 0.6) is 5.75 Å². The van der Waals surface area contributed by atoms with E-state index in [-0.39, 0.29) is 5.56 Å². The van der Waals surface area contributed by atoms with Crippen molar-refractivity contribution in [3.8, 4) is 22.7 Å². The van der Waals surface area contributed by atoms with Crippen LogP contribution in [-0.2, 0) is 6.18 Å². The number of hydrogen-bond donors (Lipinski definition) is 1. The van der Waals surface area contributed by atoms with Gasteiger partial charge in [-0.1, -0.05) is 11.3 Å². The third-order valence-electron chi connectivity index (χ3n) is 4.76. The Labute approximate surface area is 181 Å². The predicted molar refractivity (Wildman–Crippen MR) is 113 cm³/mol. The molecule has 0 unspecified atom stereocenters. The molecule has 4 rings (SSSR count). The van der Waals surface area contributed by atoms with Gasteiger partial charge < -0.3 is 10.1 Å². The number of amides is 1. The minimum absolute atomic E-state index is 0.0815. The molecule has 3 aromatic carbocycles. The Morgan fingerprint density at radius 1 is 1.00 bits per heavy atom. The summed E-state index contributed by atoms with van der Waals surface area (Å²) in [5.41, 5.74) is 1.82. The van der Waals surface area contributed by atoms with Crippen LogP contribution < -0.4 is 10.1 Å². The number of alkyl halides is 3. The van der Waals surface area contributed by atoms with Crippen LogP contribution in [0.2, 0.25) is 0 Å². The minimum atomic E-state index is -4.52. The predicted octanol–water partition coefficient (Wildman–Crippen LogP) is 5.21. The van der Waals surface area contributed by atoms with Crippen LogP contribution in [0.4, 0.5) is 18.9 Å². The molecule has 1 amide bonds. The van der Waals surface area contributed by atoms with E-state index in [1.165, 1.54) is 12.1 Å². The Balaban J connectivity index is 1.52. The molecule has 9 heteroatoms. The van der Waals surface area contributed by atoms with E-state index in [0.717, 1.165) is 29.1 Å². The third kappa shape index (κ3) is 4.46. The zero-order valence-corrected chi connectivity index (χ0v) is 16.8. The van der Waals surface area contributed by atoms with Crippen LogP contribution in [0, 0.1) is 0 Å². The molecule has 0 atom stereocenters. The van der Waals surface area contributed by atoms with E-state index in [9.17, 15) is 18.0 Å². The molecule has 0 bridgehead atoms. The van der Waals surface area contributed by atoms with Crippen LogP contribution in [0.1, 0.15) is 15.9 Å². The number of aromatic nitrogens is 3. The molecule has 6 nitrogen and oxygen atoms in total. The number of anilines is 1. The second-order valence-corrected chi connectivity index (χ2v) is 6.84. The number of nitrogens with zero attached hydrogens (tertiary/aromatic N) is 3. The van der Waals surface area contributed by atoms with Crippen LogP contribution in [0.25, 0.3) is 16.9 Å². The zero-order valence-electron chi connectivity index (χ0n) is 16.8. The number of hydrogen-bond acceptors (Lipinski definition) is 4. The average molecular weight is 438 g/mol. The van der Waals surface area contributed by atoms with E-state index in [1.54, 1.807) is 42.3 Å². The summed E-state index contributed by atoms with van der Waals surface area (Å²) in [6.07, 6.45) is -2.89. The molecule has 0 radical (unpaired) electrons. The molecule has 1 heterocycles. The van der Waals surface area contributed by atoms with Crippen molar-refractivity contribution in [1.82, 2.24) is 15.0 Å². The van der Waals surface area contributed by atoms with Gasteiger partial charge in [0.1, 0.15) is 5.75 Å². The standard InChI is InChI=1S/C23H17F3N4O2/c1-32-20-11-5-15(6-12-20)21-14-27-29-30(21)19-9-7-18(8-10-19)28-22(31)16-3-2-4-17(13-16)23(24,25)26/h2-14H,1H3,(H,28,31). The van der Waals surface area contributed by atoms with Gasteiger partial charge in [0.25, 0.3) is 5.91 Å². The van der Waals surface area contributed by atoms with Gasteiger partial charge in [0.2, 0.25) is 0 Å². The van der Waals surface area contributed by atoms with E-state index in [1.807, 2.05) is 24.3 Å². The number of methoxy groups -OCH3 is 1. The summed E-state index contributed by atoms with van der Waals surface area (Å²) in [5.74, 6) is 0.0946. The maximum atomic E-state index is 12.9. The zero-order chi connectivity index (χ0) is 22.7. The highest BCUT2D eigenvalue weighted by Gasteiger charge is 2.30. The fourth-order valence-electron chi connectivity index (χ4n) is 3.11. The monoisotopic (exact) mass is 438 g/mol. The second-order valence-electron chi connectivity index (χ2n) is 6.84. The maximum Gasteiger partial charge on any atom is 0.416 e. The number of carbonyl (C=O) groups excluding carboxylic acids is 1. The molecule has 162 valence electrons. The van der Waals surface area contributed by atoms with Crippen molar-refractivity contribution < 1.29 is 22.7 Å². The van der Waals surface area contributed by atoms with E-state index >= 15 is 0 Å². The molecule has 0 spiro atoms. The second kappa shape index (κ2) is 8.54. The van der Waals surface area contributed by atoms with Gasteiger partial charge in [-0.2, -0.15) is 13.2 Å².